The van der Waals surface area contributed by atoms with Gasteiger partial charge in [0.1, 0.15) is 0 Å². The number of fused-ring (bicyclic) bond motifs is 2. The lowest BCUT2D eigenvalue weighted by Gasteiger charge is -2.22. The highest BCUT2D eigenvalue weighted by atomic mass is 127. The Morgan fingerprint density at radius 2 is 0.609 bits per heavy atom. The summed E-state index contributed by atoms with van der Waals surface area (Å²) in [7, 11) is 0. The van der Waals surface area contributed by atoms with Crippen LogP contribution < -0.4 is 0 Å². The molecule has 0 spiro atoms. The quantitative estimate of drug-likeness (QED) is 0.0944. The monoisotopic (exact) mass is 808 g/mol. The van der Waals surface area contributed by atoms with Crippen molar-refractivity contribution in [2.45, 2.75) is 0 Å². The summed E-state index contributed by atoms with van der Waals surface area (Å²) in [5.41, 5.74) is 10.1. The second-order valence-electron chi connectivity index (χ2n) is 11.8. The minimum Gasteiger partial charge on any atom is -0.0622 e. The molecule has 0 aromatic heterocycles. The number of benzene rings is 9. The lowest BCUT2D eigenvalue weighted by molar-refractivity contribution is 1.59. The van der Waals surface area contributed by atoms with Gasteiger partial charge in [-0.05, 0) is 145 Å². The van der Waals surface area contributed by atoms with E-state index in [0.717, 1.165) is 0 Å². The van der Waals surface area contributed by atoms with Gasteiger partial charge in [-0.1, -0.05) is 146 Å². The number of hydrogen-bond donors (Lipinski definition) is 0. The fourth-order valence-electron chi connectivity index (χ4n) is 7.44. The summed E-state index contributed by atoms with van der Waals surface area (Å²) in [4.78, 5) is 0. The molecule has 0 N–H and O–H groups in total. The Hall–Kier alpha value is -4.26. The molecule has 0 aliphatic carbocycles. The predicted molar refractivity (Wildman–Crippen MR) is 215 cm³/mol. The first-order valence-corrected chi connectivity index (χ1v) is 17.7. The molecule has 0 aliphatic heterocycles. The average Bonchev–Trinajstić information content (AvgIpc) is 3.12. The van der Waals surface area contributed by atoms with Crippen molar-refractivity contribution in [2.75, 3.05) is 0 Å². The predicted octanol–water partition coefficient (Wildman–Crippen LogP) is 13.6. The van der Waals surface area contributed by atoms with Crippen molar-refractivity contribution in [1.82, 2.24) is 0 Å². The number of hydrogen-bond acceptors (Lipinski definition) is 0. The van der Waals surface area contributed by atoms with E-state index < -0.39 is 0 Å². The van der Waals surface area contributed by atoms with E-state index in [1.807, 2.05) is 0 Å². The summed E-state index contributed by atoms with van der Waals surface area (Å²) in [6.45, 7) is 0. The summed E-state index contributed by atoms with van der Waals surface area (Å²) in [6, 6.07) is 58.0. The van der Waals surface area contributed by atoms with Gasteiger partial charge in [0, 0.05) is 7.14 Å². The zero-order valence-electron chi connectivity index (χ0n) is 24.8. The standard InChI is InChI=1S/C44H26I2/c45-39-25-37(31-19-9-7-17-29(31)27-13-3-1-4-14-27)43-35-23-11-22-34-40(46)26-38(44(42(34)35)36-24-12-21-33(39)41(36)43)32-20-10-8-18-30(32)28-15-5-2-6-16-28/h1-26H. The van der Waals surface area contributed by atoms with Crippen LogP contribution in [0.2, 0.25) is 0 Å². The molecular formula is C44H26I2. The fraction of sp³-hybridized carbons (Fsp3) is 0. The molecular weight excluding hydrogens is 782 g/mol. The van der Waals surface area contributed by atoms with Crippen molar-refractivity contribution in [1.29, 1.82) is 0 Å². The molecule has 0 bridgehead atoms. The molecule has 0 aliphatic rings. The second kappa shape index (κ2) is 11.2. The van der Waals surface area contributed by atoms with Crippen LogP contribution in [0.4, 0.5) is 0 Å². The highest BCUT2D eigenvalue weighted by molar-refractivity contribution is 14.1. The van der Waals surface area contributed by atoms with Gasteiger partial charge in [0.15, 0.2) is 0 Å². The Morgan fingerprint density at radius 3 is 1.02 bits per heavy atom. The van der Waals surface area contributed by atoms with Gasteiger partial charge in [-0.2, -0.15) is 0 Å². The highest BCUT2D eigenvalue weighted by Crippen LogP contribution is 2.50. The van der Waals surface area contributed by atoms with E-state index in [4.69, 9.17) is 0 Å². The summed E-state index contributed by atoms with van der Waals surface area (Å²) >= 11 is 5.11. The molecule has 0 saturated heterocycles. The highest BCUT2D eigenvalue weighted by Gasteiger charge is 2.23. The molecule has 9 rings (SSSR count). The molecule has 0 atom stereocenters. The van der Waals surface area contributed by atoms with E-state index in [0.29, 0.717) is 0 Å². The Balaban J connectivity index is 1.48. The topological polar surface area (TPSA) is 0 Å². The van der Waals surface area contributed by atoms with Crippen molar-refractivity contribution in [3.05, 3.63) is 165 Å². The van der Waals surface area contributed by atoms with Gasteiger partial charge >= 0.3 is 0 Å². The lowest BCUT2D eigenvalue weighted by atomic mass is 9.82. The maximum absolute atomic E-state index is 2.55. The van der Waals surface area contributed by atoms with Crippen LogP contribution in [0.3, 0.4) is 0 Å². The summed E-state index contributed by atoms with van der Waals surface area (Å²) in [5, 5.41) is 10.6. The van der Waals surface area contributed by atoms with Crippen LogP contribution in [0.5, 0.6) is 0 Å². The summed E-state index contributed by atoms with van der Waals surface area (Å²) in [6.07, 6.45) is 0. The molecule has 2 heteroatoms. The van der Waals surface area contributed by atoms with Crippen molar-refractivity contribution in [3.8, 4) is 44.5 Å². The Bertz CT molecular complexity index is 2400. The van der Waals surface area contributed by atoms with Gasteiger partial charge in [-0.15, -0.1) is 0 Å². The molecule has 0 fully saturated rings. The fourth-order valence-corrected chi connectivity index (χ4v) is 8.96. The van der Waals surface area contributed by atoms with E-state index in [2.05, 4.69) is 203 Å². The summed E-state index contributed by atoms with van der Waals surface area (Å²) in [5.74, 6) is 0. The molecule has 0 amide bonds. The average molecular weight is 808 g/mol. The third kappa shape index (κ3) is 4.30. The lowest BCUT2D eigenvalue weighted by Crippen LogP contribution is -1.96. The van der Waals surface area contributed by atoms with Crippen LogP contribution in [0.25, 0.3) is 87.6 Å². The Labute approximate surface area is 295 Å². The van der Waals surface area contributed by atoms with Gasteiger partial charge in [0.25, 0.3) is 0 Å². The van der Waals surface area contributed by atoms with Crippen LogP contribution in [0.15, 0.2) is 158 Å². The van der Waals surface area contributed by atoms with E-state index >= 15 is 0 Å². The van der Waals surface area contributed by atoms with Crippen molar-refractivity contribution < 1.29 is 0 Å². The smallest absolute Gasteiger partial charge is 0.0215 e. The van der Waals surface area contributed by atoms with Gasteiger partial charge < -0.3 is 0 Å². The van der Waals surface area contributed by atoms with Crippen LogP contribution in [-0.2, 0) is 0 Å². The zero-order chi connectivity index (χ0) is 30.8. The van der Waals surface area contributed by atoms with Gasteiger partial charge in [-0.3, -0.25) is 0 Å². The largest absolute Gasteiger partial charge is 0.0622 e. The van der Waals surface area contributed by atoms with Crippen LogP contribution in [0, 0.1) is 7.14 Å². The molecule has 216 valence electrons. The Kier molecular flexibility index (Phi) is 6.83. The molecule has 0 heterocycles. The van der Waals surface area contributed by atoms with Gasteiger partial charge in [0.2, 0.25) is 0 Å². The third-order valence-corrected chi connectivity index (χ3v) is 11.2. The van der Waals surface area contributed by atoms with Gasteiger partial charge in [-0.25, -0.2) is 0 Å². The normalized spacial score (nSPS) is 11.7. The minimum atomic E-state index is 1.23. The molecule has 0 saturated carbocycles. The third-order valence-electron chi connectivity index (χ3n) is 9.37. The molecule has 0 nitrogen and oxygen atoms in total. The van der Waals surface area contributed by atoms with Crippen molar-refractivity contribution in [3.63, 3.8) is 0 Å². The van der Waals surface area contributed by atoms with Crippen LogP contribution >= 0.6 is 45.2 Å². The molecule has 9 aromatic rings. The van der Waals surface area contributed by atoms with Crippen molar-refractivity contribution in [2.24, 2.45) is 0 Å². The minimum absolute atomic E-state index is 1.23. The van der Waals surface area contributed by atoms with E-state index in [1.54, 1.807) is 0 Å². The van der Waals surface area contributed by atoms with E-state index in [-0.39, 0.29) is 0 Å². The summed E-state index contributed by atoms with van der Waals surface area (Å²) < 4.78 is 2.53. The molecule has 9 aromatic carbocycles. The first-order chi connectivity index (χ1) is 22.7. The maximum Gasteiger partial charge on any atom is 0.0215 e. The van der Waals surface area contributed by atoms with Crippen LogP contribution in [0.1, 0.15) is 0 Å². The first kappa shape index (κ1) is 28.0. The molecule has 0 radical (unpaired) electrons. The SMILES string of the molecule is Ic1cc(-c2ccccc2-c2ccccc2)c2c3cccc4c(I)cc(-c5ccccc5-c5ccccc5)c(c5cccc1c52)c43. The first-order valence-electron chi connectivity index (χ1n) is 15.5. The van der Waals surface area contributed by atoms with Gasteiger partial charge in [0.05, 0.1) is 0 Å². The zero-order valence-corrected chi connectivity index (χ0v) is 29.1. The van der Waals surface area contributed by atoms with Crippen LogP contribution in [-0.4, -0.2) is 0 Å². The van der Waals surface area contributed by atoms with E-state index in [1.165, 1.54) is 94.7 Å². The van der Waals surface area contributed by atoms with Crippen molar-refractivity contribution >= 4 is 88.3 Å². The number of halogens is 2. The number of rotatable bonds is 4. The maximum atomic E-state index is 2.55. The van der Waals surface area contributed by atoms with E-state index in [9.17, 15) is 0 Å². The molecule has 46 heavy (non-hydrogen) atoms. The molecule has 0 unspecified atom stereocenters. The Morgan fingerprint density at radius 1 is 0.261 bits per heavy atom. The second-order valence-corrected chi connectivity index (χ2v) is 14.2.